The van der Waals surface area contributed by atoms with Crippen LogP contribution in [-0.2, 0) is 0 Å². The lowest BCUT2D eigenvalue weighted by atomic mass is 10.1. The highest BCUT2D eigenvalue weighted by atomic mass is 19.4. The number of anilines is 1. The van der Waals surface area contributed by atoms with Crippen LogP contribution in [0.5, 0.6) is 5.75 Å². The van der Waals surface area contributed by atoms with E-state index in [1.165, 1.54) is 24.8 Å². The molecular weight excluding hydrogens is 323 g/mol. The van der Waals surface area contributed by atoms with Crippen molar-refractivity contribution in [3.63, 3.8) is 0 Å². The van der Waals surface area contributed by atoms with E-state index in [1.54, 1.807) is 12.1 Å². The summed E-state index contributed by atoms with van der Waals surface area (Å²) in [4.78, 5) is 15.2. The fourth-order valence-electron chi connectivity index (χ4n) is 2.18. The lowest BCUT2D eigenvalue weighted by molar-refractivity contribution is -0.153. The predicted molar refractivity (Wildman–Crippen MR) is 81.7 cm³/mol. The Morgan fingerprint density at radius 2 is 1.92 bits per heavy atom. The van der Waals surface area contributed by atoms with Crippen molar-refractivity contribution in [1.82, 2.24) is 19.9 Å². The molecular formula is C15H14F3N5O. The van der Waals surface area contributed by atoms with E-state index in [0.29, 0.717) is 17.0 Å². The van der Waals surface area contributed by atoms with Gasteiger partial charge in [-0.05, 0) is 24.6 Å². The summed E-state index contributed by atoms with van der Waals surface area (Å²) in [6.45, 7) is 0.606. The zero-order valence-corrected chi connectivity index (χ0v) is 12.6. The molecule has 0 bridgehead atoms. The van der Waals surface area contributed by atoms with Crippen LogP contribution < -0.4 is 10.1 Å². The molecule has 6 nitrogen and oxygen atoms in total. The summed E-state index contributed by atoms with van der Waals surface area (Å²) in [6.07, 6.45) is -1.41. The van der Waals surface area contributed by atoms with Crippen LogP contribution in [0.3, 0.4) is 0 Å². The van der Waals surface area contributed by atoms with Crippen molar-refractivity contribution >= 4 is 17.0 Å². The minimum Gasteiger partial charge on any atom is -0.484 e. The average Bonchev–Trinajstić information content (AvgIpc) is 3.02. The Morgan fingerprint density at radius 3 is 2.62 bits per heavy atom. The molecule has 0 aliphatic carbocycles. The van der Waals surface area contributed by atoms with Gasteiger partial charge in [-0.2, -0.15) is 13.2 Å². The van der Waals surface area contributed by atoms with E-state index >= 15 is 0 Å². The van der Waals surface area contributed by atoms with Crippen molar-refractivity contribution in [2.75, 3.05) is 11.9 Å². The van der Waals surface area contributed by atoms with Gasteiger partial charge in [0, 0.05) is 0 Å². The van der Waals surface area contributed by atoms with Gasteiger partial charge >= 0.3 is 6.18 Å². The van der Waals surface area contributed by atoms with Gasteiger partial charge in [-0.3, -0.25) is 0 Å². The quantitative estimate of drug-likeness (QED) is 0.746. The molecule has 0 aliphatic rings. The second-order valence-corrected chi connectivity index (χ2v) is 5.16. The van der Waals surface area contributed by atoms with Gasteiger partial charge in [0.1, 0.15) is 17.6 Å². The number of nitrogens with one attached hydrogen (secondary N) is 2. The molecule has 126 valence electrons. The monoisotopic (exact) mass is 337 g/mol. The number of aromatic amines is 1. The minimum absolute atomic E-state index is 0.122. The van der Waals surface area contributed by atoms with Gasteiger partial charge in [-0.15, -0.1) is 0 Å². The summed E-state index contributed by atoms with van der Waals surface area (Å²) in [5.41, 5.74) is 2.12. The van der Waals surface area contributed by atoms with Crippen molar-refractivity contribution in [3.05, 3.63) is 42.5 Å². The first-order chi connectivity index (χ1) is 11.4. The van der Waals surface area contributed by atoms with Crippen LogP contribution in [-0.4, -0.2) is 32.7 Å². The molecule has 0 aliphatic heterocycles. The fraction of sp³-hybridized carbons (Fsp3) is 0.267. The Kier molecular flexibility index (Phi) is 4.24. The SMILES string of the molecule is CC(Nc1ncnc2nc[nH]c12)c1ccc(OCC(F)(F)F)cc1. The van der Waals surface area contributed by atoms with Gasteiger partial charge in [0.15, 0.2) is 18.1 Å². The fourth-order valence-corrected chi connectivity index (χ4v) is 2.18. The minimum atomic E-state index is -4.35. The standard InChI is InChI=1S/C15H14F3N5O/c1-9(23-14-12-13(20-7-19-12)21-8-22-14)10-2-4-11(5-3-10)24-6-15(16,17)18/h2-5,7-9H,6H2,1H3,(H2,19,20,21,22,23). The number of benzene rings is 1. The third kappa shape index (κ3) is 3.73. The molecule has 1 aromatic carbocycles. The van der Waals surface area contributed by atoms with E-state index in [-0.39, 0.29) is 11.8 Å². The average molecular weight is 337 g/mol. The first kappa shape index (κ1) is 16.0. The van der Waals surface area contributed by atoms with Gasteiger partial charge in [-0.25, -0.2) is 15.0 Å². The molecule has 0 radical (unpaired) electrons. The Morgan fingerprint density at radius 1 is 1.17 bits per heavy atom. The van der Waals surface area contributed by atoms with Crippen LogP contribution in [0.25, 0.3) is 11.2 Å². The summed E-state index contributed by atoms with van der Waals surface area (Å²) < 4.78 is 41.1. The molecule has 2 heterocycles. The second-order valence-electron chi connectivity index (χ2n) is 5.16. The zero-order chi connectivity index (χ0) is 17.2. The van der Waals surface area contributed by atoms with E-state index in [2.05, 4.69) is 25.3 Å². The maximum atomic E-state index is 12.1. The van der Waals surface area contributed by atoms with Gasteiger partial charge in [0.2, 0.25) is 0 Å². The normalized spacial score (nSPS) is 13.0. The molecule has 0 spiro atoms. The maximum Gasteiger partial charge on any atom is 0.422 e. The Bertz CT molecular complexity index is 816. The number of imidazole rings is 1. The Labute approximate surface area is 135 Å². The lowest BCUT2D eigenvalue weighted by Gasteiger charge is -2.16. The van der Waals surface area contributed by atoms with Crippen LogP contribution in [0.4, 0.5) is 19.0 Å². The van der Waals surface area contributed by atoms with Crippen LogP contribution in [0.2, 0.25) is 0 Å². The number of hydrogen-bond acceptors (Lipinski definition) is 5. The van der Waals surface area contributed by atoms with Crippen LogP contribution in [0.15, 0.2) is 36.9 Å². The first-order valence-corrected chi connectivity index (χ1v) is 7.12. The molecule has 3 rings (SSSR count). The number of hydrogen-bond donors (Lipinski definition) is 2. The Balaban J connectivity index is 1.69. The summed E-state index contributed by atoms with van der Waals surface area (Å²) in [7, 11) is 0. The molecule has 2 N–H and O–H groups in total. The summed E-state index contributed by atoms with van der Waals surface area (Å²) >= 11 is 0. The number of H-pyrrole nitrogens is 1. The van der Waals surface area contributed by atoms with Gasteiger partial charge < -0.3 is 15.0 Å². The second kappa shape index (κ2) is 6.34. The highest BCUT2D eigenvalue weighted by Gasteiger charge is 2.28. The van der Waals surface area contributed by atoms with E-state index in [9.17, 15) is 13.2 Å². The van der Waals surface area contributed by atoms with Gasteiger partial charge in [-0.1, -0.05) is 12.1 Å². The van der Waals surface area contributed by atoms with E-state index < -0.39 is 12.8 Å². The molecule has 24 heavy (non-hydrogen) atoms. The number of ether oxygens (including phenoxy) is 1. The van der Waals surface area contributed by atoms with E-state index in [4.69, 9.17) is 4.74 Å². The van der Waals surface area contributed by atoms with Crippen molar-refractivity contribution in [3.8, 4) is 5.75 Å². The van der Waals surface area contributed by atoms with Crippen LogP contribution >= 0.6 is 0 Å². The third-order valence-corrected chi connectivity index (χ3v) is 3.36. The highest BCUT2D eigenvalue weighted by Crippen LogP contribution is 2.24. The number of aromatic nitrogens is 4. The van der Waals surface area contributed by atoms with Gasteiger partial charge in [0.25, 0.3) is 0 Å². The maximum absolute atomic E-state index is 12.1. The zero-order valence-electron chi connectivity index (χ0n) is 12.6. The van der Waals surface area contributed by atoms with Crippen molar-refractivity contribution in [2.45, 2.75) is 19.1 Å². The molecule has 1 unspecified atom stereocenters. The van der Waals surface area contributed by atoms with E-state index in [0.717, 1.165) is 5.56 Å². The van der Waals surface area contributed by atoms with Crippen LogP contribution in [0.1, 0.15) is 18.5 Å². The molecule has 0 amide bonds. The smallest absolute Gasteiger partial charge is 0.422 e. The number of rotatable bonds is 5. The molecule has 3 aromatic rings. The topological polar surface area (TPSA) is 75.7 Å². The molecule has 1 atom stereocenters. The number of alkyl halides is 3. The third-order valence-electron chi connectivity index (χ3n) is 3.36. The van der Waals surface area contributed by atoms with Crippen LogP contribution in [0, 0.1) is 0 Å². The molecule has 0 saturated carbocycles. The molecule has 2 aromatic heterocycles. The van der Waals surface area contributed by atoms with Crippen molar-refractivity contribution in [2.24, 2.45) is 0 Å². The summed E-state index contributed by atoms with van der Waals surface area (Å²) in [6, 6.07) is 6.29. The van der Waals surface area contributed by atoms with Crippen molar-refractivity contribution in [1.29, 1.82) is 0 Å². The number of fused-ring (bicyclic) bond motifs is 1. The largest absolute Gasteiger partial charge is 0.484 e. The molecule has 0 saturated heterocycles. The first-order valence-electron chi connectivity index (χ1n) is 7.12. The predicted octanol–water partition coefficient (Wildman–Crippen LogP) is 3.47. The number of halogens is 3. The number of nitrogens with zero attached hydrogens (tertiary/aromatic N) is 3. The molecule has 0 fully saturated rings. The van der Waals surface area contributed by atoms with Gasteiger partial charge in [0.05, 0.1) is 12.4 Å². The molecule has 9 heteroatoms. The summed E-state index contributed by atoms with van der Waals surface area (Å²) in [5.74, 6) is 0.767. The van der Waals surface area contributed by atoms with Crippen molar-refractivity contribution < 1.29 is 17.9 Å². The highest BCUT2D eigenvalue weighted by molar-refractivity contribution is 5.82. The summed E-state index contributed by atoms with van der Waals surface area (Å²) in [5, 5.41) is 3.22. The lowest BCUT2D eigenvalue weighted by Crippen LogP contribution is -2.19. The van der Waals surface area contributed by atoms with E-state index in [1.807, 2.05) is 6.92 Å². The Hall–Kier alpha value is -2.84.